The van der Waals surface area contributed by atoms with E-state index in [4.69, 9.17) is 0 Å². The van der Waals surface area contributed by atoms with Crippen LogP contribution in [0, 0.1) is 0 Å². The van der Waals surface area contributed by atoms with Crippen LogP contribution in [0.5, 0.6) is 0 Å². The van der Waals surface area contributed by atoms with Crippen LogP contribution < -0.4 is 4.72 Å². The van der Waals surface area contributed by atoms with Gasteiger partial charge in [0.05, 0.1) is 21.3 Å². The van der Waals surface area contributed by atoms with Gasteiger partial charge in [-0.1, -0.05) is 18.2 Å². The highest BCUT2D eigenvalue weighted by molar-refractivity contribution is 7.84. The summed E-state index contributed by atoms with van der Waals surface area (Å²) in [5, 5.41) is 0. The highest BCUT2D eigenvalue weighted by Gasteiger charge is 2.34. The normalized spacial score (nSPS) is 16.2. The topological polar surface area (TPSA) is 29.1 Å². The van der Waals surface area contributed by atoms with E-state index in [2.05, 4.69) is 4.72 Å². The molecule has 0 aliphatic carbocycles. The Balaban J connectivity index is 3.01. The first-order valence-corrected chi connectivity index (χ1v) is 7.02. The van der Waals surface area contributed by atoms with Crippen LogP contribution in [0.1, 0.15) is 44.9 Å². The van der Waals surface area contributed by atoms with Gasteiger partial charge in [-0.05, 0) is 39.3 Å². The lowest BCUT2D eigenvalue weighted by Crippen LogP contribution is -2.35. The standard InChI is InChI=1S/C13H18F3NOS/c1-9(17-19(18)12(2,3)4)10-7-5-6-8-11(10)13(14,15)16/h5-9,17H,1-4H3/t9-,19-/m0/s1. The molecule has 0 radical (unpaired) electrons. The van der Waals surface area contributed by atoms with Gasteiger partial charge in [-0.15, -0.1) is 0 Å². The number of nitrogens with one attached hydrogen (secondary N) is 1. The molecule has 0 saturated heterocycles. The number of hydrogen-bond acceptors (Lipinski definition) is 1. The van der Waals surface area contributed by atoms with Gasteiger partial charge in [0.15, 0.2) is 0 Å². The van der Waals surface area contributed by atoms with Crippen LogP contribution in [0.2, 0.25) is 0 Å². The molecular weight excluding hydrogens is 275 g/mol. The van der Waals surface area contributed by atoms with Crippen molar-refractivity contribution in [2.45, 2.75) is 44.7 Å². The minimum atomic E-state index is -4.41. The second-order valence-electron chi connectivity index (χ2n) is 5.31. The van der Waals surface area contributed by atoms with Crippen LogP contribution >= 0.6 is 0 Å². The van der Waals surface area contributed by atoms with E-state index < -0.39 is 33.5 Å². The van der Waals surface area contributed by atoms with Crippen molar-refractivity contribution in [3.05, 3.63) is 35.4 Å². The number of alkyl halides is 3. The lowest BCUT2D eigenvalue weighted by Gasteiger charge is -2.24. The molecule has 108 valence electrons. The van der Waals surface area contributed by atoms with Crippen molar-refractivity contribution >= 4 is 11.0 Å². The Morgan fingerprint density at radius 1 is 1.16 bits per heavy atom. The van der Waals surface area contributed by atoms with Crippen LogP contribution in [0.3, 0.4) is 0 Å². The van der Waals surface area contributed by atoms with Crippen molar-refractivity contribution in [3.8, 4) is 0 Å². The van der Waals surface area contributed by atoms with Gasteiger partial charge in [0.2, 0.25) is 0 Å². The zero-order valence-corrected chi connectivity index (χ0v) is 12.2. The molecular formula is C13H18F3NOS. The van der Waals surface area contributed by atoms with Gasteiger partial charge in [0.1, 0.15) is 0 Å². The molecule has 0 amide bonds. The highest BCUT2D eigenvalue weighted by Crippen LogP contribution is 2.34. The zero-order chi connectivity index (χ0) is 14.8. The van der Waals surface area contributed by atoms with Crippen LogP contribution in [0.15, 0.2) is 24.3 Å². The van der Waals surface area contributed by atoms with E-state index in [-0.39, 0.29) is 5.56 Å². The summed E-state index contributed by atoms with van der Waals surface area (Å²) in [5.41, 5.74) is -0.589. The van der Waals surface area contributed by atoms with Gasteiger partial charge in [-0.25, -0.2) is 8.93 Å². The molecule has 0 bridgehead atoms. The Bertz CT molecular complexity index is 466. The summed E-state index contributed by atoms with van der Waals surface area (Å²) in [6, 6.07) is 4.69. The third-order valence-electron chi connectivity index (χ3n) is 2.57. The van der Waals surface area contributed by atoms with E-state index >= 15 is 0 Å². The first-order valence-electron chi connectivity index (χ1n) is 5.87. The van der Waals surface area contributed by atoms with E-state index in [1.54, 1.807) is 33.8 Å². The molecule has 0 aliphatic rings. The largest absolute Gasteiger partial charge is 0.416 e. The van der Waals surface area contributed by atoms with Crippen molar-refractivity contribution in [2.75, 3.05) is 0 Å². The monoisotopic (exact) mass is 293 g/mol. The average molecular weight is 293 g/mol. The van der Waals surface area contributed by atoms with Crippen molar-refractivity contribution < 1.29 is 17.4 Å². The molecule has 19 heavy (non-hydrogen) atoms. The lowest BCUT2D eigenvalue weighted by atomic mass is 10.0. The quantitative estimate of drug-likeness (QED) is 0.902. The van der Waals surface area contributed by atoms with Gasteiger partial charge >= 0.3 is 6.18 Å². The molecule has 1 aromatic carbocycles. The molecule has 0 fully saturated rings. The number of hydrogen-bond donors (Lipinski definition) is 1. The number of rotatable bonds is 3. The summed E-state index contributed by atoms with van der Waals surface area (Å²) in [7, 11) is -1.42. The molecule has 0 spiro atoms. The van der Waals surface area contributed by atoms with E-state index in [0.29, 0.717) is 0 Å². The van der Waals surface area contributed by atoms with E-state index in [1.165, 1.54) is 12.1 Å². The predicted molar refractivity (Wildman–Crippen MR) is 70.9 cm³/mol. The van der Waals surface area contributed by atoms with Gasteiger partial charge in [-0.3, -0.25) is 0 Å². The van der Waals surface area contributed by atoms with Crippen molar-refractivity contribution in [2.24, 2.45) is 0 Å². The van der Waals surface area contributed by atoms with Gasteiger partial charge < -0.3 is 0 Å². The molecule has 0 unspecified atom stereocenters. The summed E-state index contributed by atoms with van der Waals surface area (Å²) in [6.45, 7) is 6.86. The van der Waals surface area contributed by atoms with Crippen molar-refractivity contribution in [3.63, 3.8) is 0 Å². The van der Waals surface area contributed by atoms with Gasteiger partial charge in [-0.2, -0.15) is 13.2 Å². The smallest absolute Gasteiger partial charge is 0.242 e. The minimum Gasteiger partial charge on any atom is -0.242 e. The fourth-order valence-corrected chi connectivity index (χ4v) is 2.34. The lowest BCUT2D eigenvalue weighted by molar-refractivity contribution is -0.138. The molecule has 0 aliphatic heterocycles. The van der Waals surface area contributed by atoms with Crippen LogP contribution in [-0.2, 0) is 17.2 Å². The van der Waals surface area contributed by atoms with Gasteiger partial charge in [0, 0.05) is 6.04 Å². The van der Waals surface area contributed by atoms with Crippen LogP contribution in [-0.4, -0.2) is 8.96 Å². The summed E-state index contributed by atoms with van der Waals surface area (Å²) >= 11 is 0. The molecule has 0 heterocycles. The van der Waals surface area contributed by atoms with Crippen molar-refractivity contribution in [1.29, 1.82) is 0 Å². The Morgan fingerprint density at radius 3 is 2.16 bits per heavy atom. The van der Waals surface area contributed by atoms with E-state index in [9.17, 15) is 17.4 Å². The molecule has 0 saturated carbocycles. The summed E-state index contributed by atoms with van der Waals surface area (Å²) in [5.74, 6) is 0. The Kier molecular flexibility index (Phi) is 4.79. The number of halogens is 3. The summed E-state index contributed by atoms with van der Waals surface area (Å²) in [4.78, 5) is 0. The third-order valence-corrected chi connectivity index (χ3v) is 4.25. The van der Waals surface area contributed by atoms with Crippen LogP contribution in [0.25, 0.3) is 0 Å². The second-order valence-corrected chi connectivity index (χ2v) is 7.30. The molecule has 0 aromatic heterocycles. The summed E-state index contributed by atoms with van der Waals surface area (Å²) in [6.07, 6.45) is -4.41. The molecule has 1 aromatic rings. The molecule has 2 nitrogen and oxygen atoms in total. The Hall–Kier alpha value is -0.880. The highest BCUT2D eigenvalue weighted by atomic mass is 32.2. The summed E-state index contributed by atoms with van der Waals surface area (Å²) < 4.78 is 52.8. The second kappa shape index (κ2) is 5.63. The molecule has 1 rings (SSSR count). The van der Waals surface area contributed by atoms with E-state index in [0.717, 1.165) is 6.07 Å². The molecule has 6 heteroatoms. The number of benzene rings is 1. The zero-order valence-electron chi connectivity index (χ0n) is 11.3. The third kappa shape index (κ3) is 4.31. The fourth-order valence-electron chi connectivity index (χ4n) is 1.53. The average Bonchev–Trinajstić information content (AvgIpc) is 2.26. The predicted octanol–water partition coefficient (Wildman–Crippen LogP) is 3.82. The molecule has 1 N–H and O–H groups in total. The Labute approximate surface area is 114 Å². The molecule has 2 atom stereocenters. The maximum atomic E-state index is 12.9. The fraction of sp³-hybridized carbons (Fsp3) is 0.538. The van der Waals surface area contributed by atoms with Gasteiger partial charge in [0.25, 0.3) is 0 Å². The Morgan fingerprint density at radius 2 is 1.68 bits per heavy atom. The first-order chi connectivity index (χ1) is 8.53. The first kappa shape index (κ1) is 16.2. The van der Waals surface area contributed by atoms with Crippen molar-refractivity contribution in [1.82, 2.24) is 4.72 Å². The maximum absolute atomic E-state index is 12.9. The van der Waals surface area contributed by atoms with E-state index in [1.807, 2.05) is 0 Å². The SMILES string of the molecule is C[C@H](N[S@@](=O)C(C)(C)C)c1ccccc1C(F)(F)F. The van der Waals surface area contributed by atoms with Crippen LogP contribution in [0.4, 0.5) is 13.2 Å². The minimum absolute atomic E-state index is 0.104. The maximum Gasteiger partial charge on any atom is 0.416 e.